The van der Waals surface area contributed by atoms with Gasteiger partial charge in [0.25, 0.3) is 5.69 Å². The summed E-state index contributed by atoms with van der Waals surface area (Å²) in [6.07, 6.45) is 0. The lowest BCUT2D eigenvalue weighted by molar-refractivity contribution is -0.384. The van der Waals surface area contributed by atoms with Crippen LogP contribution in [0.5, 0.6) is 0 Å². The van der Waals surface area contributed by atoms with Gasteiger partial charge in [-0.05, 0) is 30.3 Å². The van der Waals surface area contributed by atoms with Crippen molar-refractivity contribution in [3.63, 3.8) is 0 Å². The van der Waals surface area contributed by atoms with Crippen LogP contribution in [0.4, 0.5) is 15.8 Å². The second kappa shape index (κ2) is 6.32. The van der Waals surface area contributed by atoms with E-state index in [-0.39, 0.29) is 18.0 Å². The first-order valence-electron chi connectivity index (χ1n) is 5.59. The molecule has 0 spiro atoms. The molecule has 20 heavy (non-hydrogen) atoms. The summed E-state index contributed by atoms with van der Waals surface area (Å²) in [7, 11) is 0. The van der Waals surface area contributed by atoms with E-state index in [4.69, 9.17) is 0 Å². The molecular weight excluding hydrogens is 395 g/mol. The van der Waals surface area contributed by atoms with Gasteiger partial charge in [0.2, 0.25) is 0 Å². The summed E-state index contributed by atoms with van der Waals surface area (Å²) >= 11 is 6.44. The van der Waals surface area contributed by atoms with Crippen molar-refractivity contribution in [3.05, 3.63) is 66.8 Å². The first-order valence-corrected chi connectivity index (χ1v) is 7.17. The molecule has 0 aliphatic heterocycles. The lowest BCUT2D eigenvalue weighted by atomic mass is 10.2. The first kappa shape index (κ1) is 14.9. The molecule has 0 aromatic heterocycles. The van der Waals surface area contributed by atoms with Gasteiger partial charge in [0.15, 0.2) is 0 Å². The van der Waals surface area contributed by atoms with Gasteiger partial charge in [0, 0.05) is 27.1 Å². The zero-order chi connectivity index (χ0) is 14.7. The van der Waals surface area contributed by atoms with E-state index in [1.165, 1.54) is 12.1 Å². The lowest BCUT2D eigenvalue weighted by Gasteiger charge is -2.08. The number of hydrogen-bond acceptors (Lipinski definition) is 3. The number of anilines is 1. The molecule has 2 aromatic carbocycles. The molecule has 0 radical (unpaired) electrons. The molecule has 0 amide bonds. The van der Waals surface area contributed by atoms with Crippen molar-refractivity contribution in [2.75, 3.05) is 5.32 Å². The number of nitrogens with zero attached hydrogens (tertiary/aromatic N) is 1. The van der Waals surface area contributed by atoms with Crippen LogP contribution in [0.2, 0.25) is 0 Å². The van der Waals surface area contributed by atoms with Gasteiger partial charge in [-0.3, -0.25) is 10.1 Å². The van der Waals surface area contributed by atoms with Gasteiger partial charge in [0.1, 0.15) is 11.5 Å². The van der Waals surface area contributed by atoms with Gasteiger partial charge in [-0.2, -0.15) is 0 Å². The fraction of sp³-hybridized carbons (Fsp3) is 0.0769. The Bertz CT molecular complexity index is 665. The van der Waals surface area contributed by atoms with Crippen LogP contribution in [0.3, 0.4) is 0 Å². The normalized spacial score (nSPS) is 10.3. The minimum atomic E-state index is -0.482. The van der Waals surface area contributed by atoms with Crippen LogP contribution in [0.15, 0.2) is 45.3 Å². The van der Waals surface area contributed by atoms with Gasteiger partial charge < -0.3 is 5.32 Å². The molecular formula is C13H9Br2FN2O2. The van der Waals surface area contributed by atoms with E-state index in [1.54, 1.807) is 24.3 Å². The highest BCUT2D eigenvalue weighted by Crippen LogP contribution is 2.28. The third-order valence-corrected chi connectivity index (χ3v) is 3.62. The highest BCUT2D eigenvalue weighted by Gasteiger charge is 2.14. The van der Waals surface area contributed by atoms with Crippen molar-refractivity contribution in [2.45, 2.75) is 6.54 Å². The highest BCUT2D eigenvalue weighted by atomic mass is 79.9. The zero-order valence-corrected chi connectivity index (χ0v) is 13.2. The third-order valence-electron chi connectivity index (χ3n) is 2.63. The van der Waals surface area contributed by atoms with Crippen LogP contribution in [-0.2, 0) is 6.54 Å². The quantitative estimate of drug-likeness (QED) is 0.585. The van der Waals surface area contributed by atoms with E-state index in [2.05, 4.69) is 37.2 Å². The Kier molecular flexibility index (Phi) is 4.72. The molecule has 0 aliphatic carbocycles. The Balaban J connectivity index is 2.23. The van der Waals surface area contributed by atoms with Crippen LogP contribution in [0.1, 0.15) is 5.56 Å². The van der Waals surface area contributed by atoms with E-state index in [0.717, 1.165) is 4.47 Å². The maximum absolute atomic E-state index is 13.6. The summed E-state index contributed by atoms with van der Waals surface area (Å²) in [4.78, 5) is 10.5. The SMILES string of the molecule is O=[N+]([O-])c1cc(Br)ccc1NCc1cc(Br)ccc1F. The molecule has 0 saturated carbocycles. The van der Waals surface area contributed by atoms with Gasteiger partial charge in [-0.15, -0.1) is 0 Å². The Hall–Kier alpha value is -1.47. The maximum atomic E-state index is 13.6. The second-order valence-corrected chi connectivity index (χ2v) is 5.84. The Morgan fingerprint density at radius 3 is 2.50 bits per heavy atom. The van der Waals surface area contributed by atoms with Crippen LogP contribution < -0.4 is 5.32 Å². The van der Waals surface area contributed by atoms with E-state index in [9.17, 15) is 14.5 Å². The Morgan fingerprint density at radius 1 is 1.15 bits per heavy atom. The van der Waals surface area contributed by atoms with Gasteiger partial charge in [-0.25, -0.2) is 4.39 Å². The summed E-state index contributed by atoms with van der Waals surface area (Å²) in [5.74, 6) is -0.361. The van der Waals surface area contributed by atoms with Crippen LogP contribution in [0, 0.1) is 15.9 Å². The smallest absolute Gasteiger partial charge is 0.293 e. The molecule has 0 atom stereocenters. The van der Waals surface area contributed by atoms with Crippen LogP contribution >= 0.6 is 31.9 Å². The van der Waals surface area contributed by atoms with Gasteiger partial charge >= 0.3 is 0 Å². The molecule has 4 nitrogen and oxygen atoms in total. The van der Waals surface area contributed by atoms with Crippen molar-refractivity contribution in [1.29, 1.82) is 0 Å². The molecule has 0 aliphatic rings. The predicted molar refractivity (Wildman–Crippen MR) is 82.2 cm³/mol. The number of nitro benzene ring substituents is 1. The van der Waals surface area contributed by atoms with Crippen LogP contribution in [0.25, 0.3) is 0 Å². The van der Waals surface area contributed by atoms with Gasteiger partial charge in [0.05, 0.1) is 4.92 Å². The fourth-order valence-electron chi connectivity index (χ4n) is 1.67. The number of hydrogen-bond donors (Lipinski definition) is 1. The van der Waals surface area contributed by atoms with Crippen LogP contribution in [-0.4, -0.2) is 4.92 Å². The highest BCUT2D eigenvalue weighted by molar-refractivity contribution is 9.10. The average molecular weight is 404 g/mol. The van der Waals surface area contributed by atoms with E-state index < -0.39 is 4.92 Å². The van der Waals surface area contributed by atoms with Gasteiger partial charge in [-0.1, -0.05) is 31.9 Å². The second-order valence-electron chi connectivity index (χ2n) is 4.01. The molecule has 2 rings (SSSR count). The van der Waals surface area contributed by atoms with Crippen molar-refractivity contribution < 1.29 is 9.31 Å². The number of nitro groups is 1. The number of rotatable bonds is 4. The Morgan fingerprint density at radius 2 is 1.80 bits per heavy atom. The van der Waals surface area contributed by atoms with E-state index >= 15 is 0 Å². The third kappa shape index (κ3) is 3.55. The van der Waals surface area contributed by atoms with Crippen molar-refractivity contribution in [3.8, 4) is 0 Å². The molecule has 0 bridgehead atoms. The van der Waals surface area contributed by atoms with E-state index in [1.807, 2.05) is 0 Å². The topological polar surface area (TPSA) is 55.2 Å². The number of benzene rings is 2. The van der Waals surface area contributed by atoms with Crippen molar-refractivity contribution in [2.24, 2.45) is 0 Å². The molecule has 0 heterocycles. The minimum Gasteiger partial charge on any atom is -0.375 e. The molecule has 104 valence electrons. The summed E-state index contributed by atoms with van der Waals surface area (Å²) in [5, 5.41) is 13.9. The summed E-state index contributed by atoms with van der Waals surface area (Å²) in [6, 6.07) is 9.25. The summed E-state index contributed by atoms with van der Waals surface area (Å²) in [5.41, 5.74) is 0.712. The Labute approximate surface area is 131 Å². The number of nitrogens with one attached hydrogen (secondary N) is 1. The average Bonchev–Trinajstić information content (AvgIpc) is 2.40. The monoisotopic (exact) mass is 402 g/mol. The molecule has 0 fully saturated rings. The molecule has 0 saturated heterocycles. The largest absolute Gasteiger partial charge is 0.375 e. The minimum absolute atomic E-state index is 0.0604. The maximum Gasteiger partial charge on any atom is 0.293 e. The van der Waals surface area contributed by atoms with Crippen molar-refractivity contribution in [1.82, 2.24) is 0 Å². The standard InChI is InChI=1S/C13H9Br2FN2O2/c14-9-1-3-11(16)8(5-9)7-17-12-4-2-10(15)6-13(12)18(19)20/h1-6,17H,7H2. The molecule has 0 unspecified atom stereocenters. The van der Waals surface area contributed by atoms with Crippen molar-refractivity contribution >= 4 is 43.2 Å². The molecule has 1 N–H and O–H groups in total. The fourth-order valence-corrected chi connectivity index (χ4v) is 2.43. The summed E-state index contributed by atoms with van der Waals surface area (Å²) in [6.45, 7) is 0.160. The predicted octanol–water partition coefficient (Wildman–Crippen LogP) is 4.87. The zero-order valence-electron chi connectivity index (χ0n) is 10.1. The van der Waals surface area contributed by atoms with E-state index in [0.29, 0.717) is 15.7 Å². The number of halogens is 3. The lowest BCUT2D eigenvalue weighted by Crippen LogP contribution is -2.04. The summed E-state index contributed by atoms with van der Waals surface area (Å²) < 4.78 is 15.0. The first-order chi connectivity index (χ1) is 9.47. The molecule has 2 aromatic rings. The molecule has 7 heteroatoms.